The van der Waals surface area contributed by atoms with Crippen LogP contribution in [0.2, 0.25) is 0 Å². The van der Waals surface area contributed by atoms with E-state index >= 15 is 0 Å². The molecule has 0 spiro atoms. The van der Waals surface area contributed by atoms with Crippen molar-refractivity contribution in [2.75, 3.05) is 23.4 Å². The van der Waals surface area contributed by atoms with E-state index in [1.165, 1.54) is 5.56 Å². The molecule has 0 radical (unpaired) electrons. The minimum atomic E-state index is -0.0400. The molecule has 1 aliphatic rings. The molecular formula is C18H21N3O2. The summed E-state index contributed by atoms with van der Waals surface area (Å²) in [5.41, 5.74) is 2.75. The summed E-state index contributed by atoms with van der Waals surface area (Å²) in [5.74, 6) is 0.532. The molecule has 2 heterocycles. The highest BCUT2D eigenvalue weighted by Gasteiger charge is 2.27. The fourth-order valence-corrected chi connectivity index (χ4v) is 2.89. The zero-order valence-corrected chi connectivity index (χ0v) is 13.2. The summed E-state index contributed by atoms with van der Waals surface area (Å²) in [4.78, 5) is 19.1. The maximum atomic E-state index is 13.0. The summed E-state index contributed by atoms with van der Waals surface area (Å²) in [5, 5.41) is 12.3. The van der Waals surface area contributed by atoms with Gasteiger partial charge in [0.1, 0.15) is 5.82 Å². The lowest BCUT2D eigenvalue weighted by Gasteiger charge is -2.20. The number of amides is 1. The molecule has 120 valence electrons. The number of nitrogens with one attached hydrogen (secondary N) is 1. The summed E-state index contributed by atoms with van der Waals surface area (Å²) < 4.78 is 0. The molecule has 1 aliphatic heterocycles. The molecule has 1 aromatic heterocycles. The molecule has 0 saturated heterocycles. The second-order valence-corrected chi connectivity index (χ2v) is 5.79. The first-order valence-electron chi connectivity index (χ1n) is 7.93. The van der Waals surface area contributed by atoms with Crippen molar-refractivity contribution < 1.29 is 9.90 Å². The standard InChI is InChI=1S/C18H21N3O2/c1-13(9-12-22)20-17-15(6-4-10-19-17)18(23)21-11-8-14-5-2-3-7-16(14)21/h2-7,10,13,22H,8-9,11-12H2,1H3,(H,19,20)/t13-/m1/s1. The SMILES string of the molecule is C[C@H](CCO)Nc1ncccc1C(=O)N1CCc2ccccc21. The lowest BCUT2D eigenvalue weighted by molar-refractivity contribution is 0.0990. The predicted octanol–water partition coefficient (Wildman–Crippen LogP) is 2.47. The van der Waals surface area contributed by atoms with E-state index in [1.54, 1.807) is 18.3 Å². The second kappa shape index (κ2) is 6.79. The molecule has 2 aromatic rings. The molecule has 0 bridgehead atoms. The third-order valence-corrected chi connectivity index (χ3v) is 4.12. The van der Waals surface area contributed by atoms with Crippen LogP contribution in [0.25, 0.3) is 0 Å². The van der Waals surface area contributed by atoms with Crippen LogP contribution in [0.1, 0.15) is 29.3 Å². The Morgan fingerprint density at radius 1 is 1.35 bits per heavy atom. The van der Waals surface area contributed by atoms with E-state index in [0.29, 0.717) is 24.3 Å². The number of hydrogen-bond donors (Lipinski definition) is 2. The van der Waals surface area contributed by atoms with Crippen LogP contribution >= 0.6 is 0 Å². The highest BCUT2D eigenvalue weighted by molar-refractivity contribution is 6.10. The quantitative estimate of drug-likeness (QED) is 0.890. The van der Waals surface area contributed by atoms with Crippen molar-refractivity contribution in [2.45, 2.75) is 25.8 Å². The van der Waals surface area contributed by atoms with Crippen molar-refractivity contribution in [1.82, 2.24) is 4.98 Å². The largest absolute Gasteiger partial charge is 0.396 e. The average molecular weight is 311 g/mol. The molecule has 23 heavy (non-hydrogen) atoms. The average Bonchev–Trinajstić information content (AvgIpc) is 2.99. The smallest absolute Gasteiger partial charge is 0.262 e. The number of anilines is 2. The summed E-state index contributed by atoms with van der Waals surface area (Å²) in [6.45, 7) is 2.76. The maximum absolute atomic E-state index is 13.0. The van der Waals surface area contributed by atoms with Gasteiger partial charge in [-0.3, -0.25) is 4.79 Å². The minimum Gasteiger partial charge on any atom is -0.396 e. The monoisotopic (exact) mass is 311 g/mol. The number of aliphatic hydroxyl groups is 1. The third kappa shape index (κ3) is 3.19. The Balaban J connectivity index is 1.86. The molecule has 5 nitrogen and oxygen atoms in total. The summed E-state index contributed by atoms with van der Waals surface area (Å²) in [6, 6.07) is 11.6. The van der Waals surface area contributed by atoms with E-state index in [0.717, 1.165) is 12.1 Å². The van der Waals surface area contributed by atoms with Crippen molar-refractivity contribution in [1.29, 1.82) is 0 Å². The number of fused-ring (bicyclic) bond motifs is 1. The fraction of sp³-hybridized carbons (Fsp3) is 0.333. The molecule has 1 atom stereocenters. The summed E-state index contributed by atoms with van der Waals surface area (Å²) >= 11 is 0. The number of rotatable bonds is 5. The molecule has 2 N–H and O–H groups in total. The molecule has 3 rings (SSSR count). The van der Waals surface area contributed by atoms with Crippen molar-refractivity contribution in [3.8, 4) is 0 Å². The van der Waals surface area contributed by atoms with E-state index in [-0.39, 0.29) is 18.6 Å². The molecular weight excluding hydrogens is 290 g/mol. The van der Waals surface area contributed by atoms with E-state index in [4.69, 9.17) is 5.11 Å². The molecule has 1 aromatic carbocycles. The van der Waals surface area contributed by atoms with Gasteiger partial charge >= 0.3 is 0 Å². The molecule has 5 heteroatoms. The van der Waals surface area contributed by atoms with Crippen LogP contribution in [0.4, 0.5) is 11.5 Å². The number of aliphatic hydroxyl groups excluding tert-OH is 1. The number of carbonyl (C=O) groups is 1. The Morgan fingerprint density at radius 2 is 2.17 bits per heavy atom. The van der Waals surface area contributed by atoms with Gasteiger partial charge in [0, 0.05) is 31.1 Å². The summed E-state index contributed by atoms with van der Waals surface area (Å²) in [6.07, 6.45) is 3.16. The zero-order chi connectivity index (χ0) is 16.2. The number of aromatic nitrogens is 1. The maximum Gasteiger partial charge on any atom is 0.262 e. The normalized spacial score (nSPS) is 14.4. The fourth-order valence-electron chi connectivity index (χ4n) is 2.89. The van der Waals surface area contributed by atoms with Gasteiger partial charge in [0.15, 0.2) is 0 Å². The van der Waals surface area contributed by atoms with Crippen LogP contribution in [0, 0.1) is 0 Å². The summed E-state index contributed by atoms with van der Waals surface area (Å²) in [7, 11) is 0. The Labute approximate surface area is 136 Å². The van der Waals surface area contributed by atoms with Crippen LogP contribution < -0.4 is 10.2 Å². The third-order valence-electron chi connectivity index (χ3n) is 4.12. The Kier molecular flexibility index (Phi) is 4.57. The molecule has 0 saturated carbocycles. The van der Waals surface area contributed by atoms with Crippen LogP contribution in [0.5, 0.6) is 0 Å². The lowest BCUT2D eigenvalue weighted by atomic mass is 10.1. The number of benzene rings is 1. The van der Waals surface area contributed by atoms with Crippen molar-refractivity contribution in [3.63, 3.8) is 0 Å². The molecule has 1 amide bonds. The Bertz CT molecular complexity index is 702. The molecule has 0 fully saturated rings. The topological polar surface area (TPSA) is 65.5 Å². The number of nitrogens with zero attached hydrogens (tertiary/aromatic N) is 2. The van der Waals surface area contributed by atoms with Gasteiger partial charge < -0.3 is 15.3 Å². The lowest BCUT2D eigenvalue weighted by Crippen LogP contribution is -2.30. The van der Waals surface area contributed by atoms with E-state index in [9.17, 15) is 4.79 Å². The van der Waals surface area contributed by atoms with Gasteiger partial charge in [-0.05, 0) is 43.5 Å². The van der Waals surface area contributed by atoms with Crippen LogP contribution in [-0.4, -0.2) is 35.2 Å². The van der Waals surface area contributed by atoms with Gasteiger partial charge in [0.2, 0.25) is 0 Å². The van der Waals surface area contributed by atoms with Crippen LogP contribution in [0.3, 0.4) is 0 Å². The van der Waals surface area contributed by atoms with Gasteiger partial charge in [0.05, 0.1) is 5.56 Å². The Hall–Kier alpha value is -2.40. The zero-order valence-electron chi connectivity index (χ0n) is 13.2. The van der Waals surface area contributed by atoms with E-state index in [2.05, 4.69) is 16.4 Å². The molecule has 0 unspecified atom stereocenters. The van der Waals surface area contributed by atoms with Crippen LogP contribution in [0.15, 0.2) is 42.6 Å². The second-order valence-electron chi connectivity index (χ2n) is 5.79. The Morgan fingerprint density at radius 3 is 3.00 bits per heavy atom. The number of hydrogen-bond acceptors (Lipinski definition) is 4. The number of pyridine rings is 1. The first kappa shape index (κ1) is 15.5. The van der Waals surface area contributed by atoms with Crippen molar-refractivity contribution in [2.24, 2.45) is 0 Å². The van der Waals surface area contributed by atoms with Crippen molar-refractivity contribution >= 4 is 17.4 Å². The predicted molar refractivity (Wildman–Crippen MR) is 90.8 cm³/mol. The number of carbonyl (C=O) groups excluding carboxylic acids is 1. The van der Waals surface area contributed by atoms with Gasteiger partial charge in [-0.15, -0.1) is 0 Å². The van der Waals surface area contributed by atoms with Crippen molar-refractivity contribution in [3.05, 3.63) is 53.7 Å². The van der Waals surface area contributed by atoms with Gasteiger partial charge in [-0.25, -0.2) is 4.98 Å². The minimum absolute atomic E-state index is 0.0400. The van der Waals surface area contributed by atoms with Gasteiger partial charge in [-0.1, -0.05) is 18.2 Å². The van der Waals surface area contributed by atoms with Gasteiger partial charge in [0.25, 0.3) is 5.91 Å². The highest BCUT2D eigenvalue weighted by atomic mass is 16.3. The molecule has 0 aliphatic carbocycles. The van der Waals surface area contributed by atoms with Crippen LogP contribution in [-0.2, 0) is 6.42 Å². The first-order chi connectivity index (χ1) is 11.2. The first-order valence-corrected chi connectivity index (χ1v) is 7.93. The van der Waals surface area contributed by atoms with E-state index < -0.39 is 0 Å². The highest BCUT2D eigenvalue weighted by Crippen LogP contribution is 2.30. The number of para-hydroxylation sites is 1. The van der Waals surface area contributed by atoms with Gasteiger partial charge in [-0.2, -0.15) is 0 Å². The van der Waals surface area contributed by atoms with E-state index in [1.807, 2.05) is 30.0 Å².